The van der Waals surface area contributed by atoms with Gasteiger partial charge in [0.25, 0.3) is 0 Å². The first kappa shape index (κ1) is 18.4. The normalized spacial score (nSPS) is 12.6. The van der Waals surface area contributed by atoms with E-state index in [4.69, 9.17) is 28.9 Å². The maximum Gasteiger partial charge on any atom is 0.408 e. The zero-order valence-electron chi connectivity index (χ0n) is 12.6. The van der Waals surface area contributed by atoms with E-state index in [0.29, 0.717) is 10.6 Å². The predicted molar refractivity (Wildman–Crippen MR) is 86.4 cm³/mol. The van der Waals surface area contributed by atoms with E-state index in [0.717, 1.165) is 0 Å². The Morgan fingerprint density at radius 2 is 1.95 bits per heavy atom. The van der Waals surface area contributed by atoms with E-state index in [1.807, 2.05) is 0 Å². The maximum absolute atomic E-state index is 11.7. The van der Waals surface area contributed by atoms with Crippen molar-refractivity contribution in [1.82, 2.24) is 10.2 Å². The Morgan fingerprint density at radius 1 is 1.36 bits per heavy atom. The van der Waals surface area contributed by atoms with Crippen LogP contribution in [-0.2, 0) is 0 Å². The van der Waals surface area contributed by atoms with Gasteiger partial charge in [0.1, 0.15) is 0 Å². The molecule has 4 N–H and O–H groups in total. The number of urea groups is 1. The van der Waals surface area contributed by atoms with Gasteiger partial charge in [-0.15, -0.1) is 0 Å². The molecule has 122 valence electrons. The smallest absolute Gasteiger partial charge is 0.408 e. The minimum absolute atomic E-state index is 0.0149. The summed E-state index contributed by atoms with van der Waals surface area (Å²) in [4.78, 5) is 23.9. The zero-order chi connectivity index (χ0) is 17.1. The summed E-state index contributed by atoms with van der Waals surface area (Å²) in [5.41, 5.74) is 4.88. The van der Waals surface area contributed by atoms with Crippen LogP contribution < -0.4 is 11.1 Å². The monoisotopic (exact) mass is 347 g/mol. The third-order valence-corrected chi connectivity index (χ3v) is 3.88. The minimum atomic E-state index is -1.14. The fourth-order valence-corrected chi connectivity index (χ4v) is 2.64. The van der Waals surface area contributed by atoms with E-state index >= 15 is 0 Å². The Bertz CT molecular complexity index is 573. The van der Waals surface area contributed by atoms with Crippen molar-refractivity contribution in [2.75, 3.05) is 6.54 Å². The van der Waals surface area contributed by atoms with Crippen molar-refractivity contribution < 1.29 is 14.7 Å². The second-order valence-electron chi connectivity index (χ2n) is 5.73. The highest BCUT2D eigenvalue weighted by Crippen LogP contribution is 2.35. The van der Waals surface area contributed by atoms with Crippen LogP contribution in [0.2, 0.25) is 10.0 Å². The lowest BCUT2D eigenvalue weighted by atomic mass is 9.98. The molecule has 0 aromatic heterocycles. The number of hydrogen-bond acceptors (Lipinski definition) is 2. The zero-order valence-corrected chi connectivity index (χ0v) is 14.1. The molecule has 0 aliphatic rings. The topological polar surface area (TPSA) is 95.7 Å². The van der Waals surface area contributed by atoms with Gasteiger partial charge in [-0.25, -0.2) is 9.59 Å². The number of rotatable bonds is 4. The average Bonchev–Trinajstić information content (AvgIpc) is 2.35. The third-order valence-electron chi connectivity index (χ3n) is 3.05. The SMILES string of the molecule is CC(C)(C)N(C(=O)O)C(CNC(N)=O)c1cccc(Cl)c1Cl. The van der Waals surface area contributed by atoms with Crippen molar-refractivity contribution in [3.05, 3.63) is 33.8 Å². The number of carbonyl (C=O) groups excluding carboxylic acids is 1. The van der Waals surface area contributed by atoms with E-state index in [-0.39, 0.29) is 11.6 Å². The molecule has 0 aliphatic carbocycles. The van der Waals surface area contributed by atoms with Crippen molar-refractivity contribution in [3.63, 3.8) is 0 Å². The molecule has 1 unspecified atom stereocenters. The van der Waals surface area contributed by atoms with Gasteiger partial charge in [-0.3, -0.25) is 4.90 Å². The van der Waals surface area contributed by atoms with Gasteiger partial charge in [0, 0.05) is 12.1 Å². The number of amides is 3. The second-order valence-corrected chi connectivity index (χ2v) is 6.51. The van der Waals surface area contributed by atoms with Crippen LogP contribution in [0.15, 0.2) is 18.2 Å². The van der Waals surface area contributed by atoms with Crippen LogP contribution >= 0.6 is 23.2 Å². The molecule has 0 saturated heterocycles. The van der Waals surface area contributed by atoms with E-state index < -0.39 is 23.7 Å². The van der Waals surface area contributed by atoms with Gasteiger partial charge in [0.15, 0.2) is 0 Å². The summed E-state index contributed by atoms with van der Waals surface area (Å²) in [5.74, 6) is 0. The number of nitrogens with two attached hydrogens (primary N) is 1. The minimum Gasteiger partial charge on any atom is -0.465 e. The molecular formula is C14H19Cl2N3O3. The van der Waals surface area contributed by atoms with Crippen molar-refractivity contribution >= 4 is 35.3 Å². The Kier molecular flexibility index (Phi) is 5.91. The van der Waals surface area contributed by atoms with E-state index in [1.54, 1.807) is 39.0 Å². The lowest BCUT2D eigenvalue weighted by molar-refractivity contribution is 0.0700. The lowest BCUT2D eigenvalue weighted by Crippen LogP contribution is -2.50. The largest absolute Gasteiger partial charge is 0.465 e. The number of nitrogens with one attached hydrogen (secondary N) is 1. The molecule has 0 spiro atoms. The summed E-state index contributed by atoms with van der Waals surface area (Å²) in [7, 11) is 0. The van der Waals surface area contributed by atoms with Gasteiger partial charge in [-0.2, -0.15) is 0 Å². The molecule has 0 bridgehead atoms. The third kappa shape index (κ3) is 4.42. The lowest BCUT2D eigenvalue weighted by Gasteiger charge is -2.40. The number of halogens is 2. The molecule has 22 heavy (non-hydrogen) atoms. The quantitative estimate of drug-likeness (QED) is 0.777. The fourth-order valence-electron chi connectivity index (χ4n) is 2.20. The number of carboxylic acid groups (broad SMARTS) is 1. The van der Waals surface area contributed by atoms with Crippen LogP contribution in [0.4, 0.5) is 9.59 Å². The molecule has 1 atom stereocenters. The van der Waals surface area contributed by atoms with Crippen LogP contribution in [-0.4, -0.2) is 34.2 Å². The van der Waals surface area contributed by atoms with E-state index in [9.17, 15) is 14.7 Å². The number of benzene rings is 1. The Balaban J connectivity index is 3.36. The first-order chi connectivity index (χ1) is 10.1. The molecule has 1 aromatic rings. The second kappa shape index (κ2) is 7.07. The van der Waals surface area contributed by atoms with Crippen molar-refractivity contribution in [1.29, 1.82) is 0 Å². The van der Waals surface area contributed by atoms with Crippen LogP contribution in [0.3, 0.4) is 0 Å². The van der Waals surface area contributed by atoms with Crippen LogP contribution in [0.1, 0.15) is 32.4 Å². The Labute approximate surface area is 139 Å². The van der Waals surface area contributed by atoms with Gasteiger partial charge in [0.05, 0.1) is 16.1 Å². The molecule has 6 nitrogen and oxygen atoms in total. The molecule has 8 heteroatoms. The van der Waals surface area contributed by atoms with E-state index in [1.165, 1.54) is 4.90 Å². The van der Waals surface area contributed by atoms with Gasteiger partial charge < -0.3 is 16.2 Å². The first-order valence-electron chi connectivity index (χ1n) is 6.55. The number of carbonyl (C=O) groups is 2. The summed E-state index contributed by atoms with van der Waals surface area (Å²) in [5, 5.41) is 12.6. The van der Waals surface area contributed by atoms with Crippen LogP contribution in [0.25, 0.3) is 0 Å². The number of hydrogen-bond donors (Lipinski definition) is 3. The Hall–Kier alpha value is -1.66. The summed E-state index contributed by atoms with van der Waals surface area (Å²) in [6.45, 7) is 5.23. The predicted octanol–water partition coefficient (Wildman–Crippen LogP) is 3.48. The Morgan fingerprint density at radius 3 is 2.41 bits per heavy atom. The van der Waals surface area contributed by atoms with E-state index in [2.05, 4.69) is 5.32 Å². The molecule has 1 rings (SSSR count). The highest BCUT2D eigenvalue weighted by atomic mass is 35.5. The molecular weight excluding hydrogens is 329 g/mol. The average molecular weight is 348 g/mol. The summed E-state index contributed by atoms with van der Waals surface area (Å²) in [6, 6.07) is 3.47. The van der Waals surface area contributed by atoms with Crippen LogP contribution in [0, 0.1) is 0 Å². The maximum atomic E-state index is 11.7. The molecule has 1 aromatic carbocycles. The molecule has 0 radical (unpaired) electrons. The highest BCUT2D eigenvalue weighted by molar-refractivity contribution is 6.42. The molecule has 0 heterocycles. The summed E-state index contributed by atoms with van der Waals surface area (Å²) >= 11 is 12.2. The molecule has 0 fully saturated rings. The fraction of sp³-hybridized carbons (Fsp3) is 0.429. The van der Waals surface area contributed by atoms with Gasteiger partial charge >= 0.3 is 12.1 Å². The van der Waals surface area contributed by atoms with Crippen molar-refractivity contribution in [3.8, 4) is 0 Å². The molecule has 0 saturated carbocycles. The van der Waals surface area contributed by atoms with Crippen molar-refractivity contribution in [2.24, 2.45) is 5.73 Å². The standard InChI is InChI=1S/C14H19Cl2N3O3/c1-14(2,3)19(13(21)22)10(7-18-12(17)20)8-5-4-6-9(15)11(8)16/h4-6,10H,7H2,1-3H3,(H,21,22)(H3,17,18,20). The van der Waals surface area contributed by atoms with Gasteiger partial charge in [-0.05, 0) is 32.4 Å². The highest BCUT2D eigenvalue weighted by Gasteiger charge is 2.35. The number of nitrogens with zero attached hydrogens (tertiary/aromatic N) is 1. The first-order valence-corrected chi connectivity index (χ1v) is 7.30. The summed E-state index contributed by atoms with van der Waals surface area (Å²) < 4.78 is 0. The molecule has 0 aliphatic heterocycles. The van der Waals surface area contributed by atoms with Gasteiger partial charge in [-0.1, -0.05) is 35.3 Å². The number of primary amides is 1. The van der Waals surface area contributed by atoms with Gasteiger partial charge in [0.2, 0.25) is 0 Å². The molecule has 3 amide bonds. The summed E-state index contributed by atoms with van der Waals surface area (Å²) in [6.07, 6.45) is -1.14. The van der Waals surface area contributed by atoms with Crippen LogP contribution in [0.5, 0.6) is 0 Å². The van der Waals surface area contributed by atoms with Crippen molar-refractivity contribution in [2.45, 2.75) is 32.4 Å².